The number of hydrogen-bond donors (Lipinski definition) is 3. The predicted octanol–water partition coefficient (Wildman–Crippen LogP) is 0.461. The van der Waals surface area contributed by atoms with E-state index in [4.69, 9.17) is 0 Å². The van der Waals surface area contributed by atoms with E-state index in [1.165, 1.54) is 0 Å². The van der Waals surface area contributed by atoms with Crippen LogP contribution in [0.4, 0.5) is 0 Å². The van der Waals surface area contributed by atoms with Crippen molar-refractivity contribution in [2.45, 2.75) is 13.3 Å². The molecule has 3 N–H and O–H groups in total. The van der Waals surface area contributed by atoms with Gasteiger partial charge in [0.15, 0.2) is 0 Å². The van der Waals surface area contributed by atoms with E-state index in [-0.39, 0.29) is 11.8 Å². The van der Waals surface area contributed by atoms with Crippen LogP contribution in [0.15, 0.2) is 24.3 Å². The molecule has 6 heteroatoms. The fourth-order valence-corrected chi connectivity index (χ4v) is 2.51. The van der Waals surface area contributed by atoms with Gasteiger partial charge >= 0.3 is 0 Å². The number of nitrogens with one attached hydrogen (secondary N) is 3. The van der Waals surface area contributed by atoms with Crippen LogP contribution in [0.25, 0.3) is 0 Å². The maximum absolute atomic E-state index is 12.2. The summed E-state index contributed by atoms with van der Waals surface area (Å²) in [6, 6.07) is 6.84. The second-order valence-electron chi connectivity index (χ2n) is 5.68. The van der Waals surface area contributed by atoms with Gasteiger partial charge in [0.25, 0.3) is 11.8 Å². The van der Waals surface area contributed by atoms with Gasteiger partial charge in [0.1, 0.15) is 0 Å². The first-order chi connectivity index (χ1) is 11.2. The Balaban J connectivity index is 1.82. The summed E-state index contributed by atoms with van der Waals surface area (Å²) in [7, 11) is 0. The van der Waals surface area contributed by atoms with Gasteiger partial charge in [0.2, 0.25) is 0 Å². The lowest BCUT2D eigenvalue weighted by atomic mass is 10.1. The van der Waals surface area contributed by atoms with Crippen molar-refractivity contribution in [1.82, 2.24) is 20.9 Å². The van der Waals surface area contributed by atoms with E-state index in [0.717, 1.165) is 39.1 Å². The molecule has 0 aromatic heterocycles. The number of hydrogen-bond acceptors (Lipinski definition) is 4. The quantitative estimate of drug-likeness (QED) is 0.683. The second-order valence-corrected chi connectivity index (χ2v) is 5.68. The van der Waals surface area contributed by atoms with E-state index in [1.807, 2.05) is 6.92 Å². The number of rotatable bonds is 7. The molecule has 1 fully saturated rings. The van der Waals surface area contributed by atoms with Crippen LogP contribution in [0.3, 0.4) is 0 Å². The smallest absolute Gasteiger partial charge is 0.251 e. The van der Waals surface area contributed by atoms with Gasteiger partial charge in [0.05, 0.1) is 0 Å². The van der Waals surface area contributed by atoms with Crippen molar-refractivity contribution in [1.29, 1.82) is 0 Å². The average Bonchev–Trinajstić information content (AvgIpc) is 2.60. The molecule has 0 bridgehead atoms. The van der Waals surface area contributed by atoms with Gasteiger partial charge in [-0.3, -0.25) is 14.5 Å². The number of nitrogens with zero attached hydrogens (tertiary/aromatic N) is 1. The molecule has 126 valence electrons. The van der Waals surface area contributed by atoms with Crippen molar-refractivity contribution in [2.24, 2.45) is 0 Å². The Morgan fingerprint density at radius 1 is 1.09 bits per heavy atom. The Labute approximate surface area is 137 Å². The molecule has 0 radical (unpaired) electrons. The highest BCUT2D eigenvalue weighted by Gasteiger charge is 2.12. The normalized spacial score (nSPS) is 15.2. The molecule has 0 spiro atoms. The third-order valence-corrected chi connectivity index (χ3v) is 3.85. The van der Waals surface area contributed by atoms with Crippen molar-refractivity contribution in [3.8, 4) is 0 Å². The zero-order valence-electron chi connectivity index (χ0n) is 13.7. The Morgan fingerprint density at radius 3 is 2.30 bits per heavy atom. The van der Waals surface area contributed by atoms with Crippen LogP contribution in [-0.4, -0.2) is 62.5 Å². The van der Waals surface area contributed by atoms with E-state index < -0.39 is 0 Å². The largest absolute Gasteiger partial charge is 0.352 e. The van der Waals surface area contributed by atoms with Gasteiger partial charge in [-0.15, -0.1) is 0 Å². The van der Waals surface area contributed by atoms with Crippen molar-refractivity contribution < 1.29 is 9.59 Å². The average molecular weight is 318 g/mol. The SMILES string of the molecule is CCCNC(=O)c1cccc(C(=O)NCCN2CCNCC2)c1. The molecule has 1 aliphatic rings. The standard InChI is InChI=1S/C17H26N4O2/c1-2-6-19-16(22)14-4-3-5-15(13-14)17(23)20-9-12-21-10-7-18-8-11-21/h3-5,13,18H,2,6-12H2,1H3,(H,19,22)(H,20,23). The molecule has 0 unspecified atom stereocenters. The molecule has 0 saturated carbocycles. The fraction of sp³-hybridized carbons (Fsp3) is 0.529. The van der Waals surface area contributed by atoms with Crippen LogP contribution < -0.4 is 16.0 Å². The van der Waals surface area contributed by atoms with Crippen LogP contribution in [0, 0.1) is 0 Å². The fourth-order valence-electron chi connectivity index (χ4n) is 2.51. The molecule has 1 heterocycles. The first-order valence-electron chi connectivity index (χ1n) is 8.30. The van der Waals surface area contributed by atoms with E-state index >= 15 is 0 Å². The molecule has 2 amide bonds. The van der Waals surface area contributed by atoms with Crippen molar-refractivity contribution in [3.63, 3.8) is 0 Å². The zero-order valence-corrected chi connectivity index (χ0v) is 13.7. The summed E-state index contributed by atoms with van der Waals surface area (Å²) in [5, 5.41) is 9.04. The molecule has 2 rings (SSSR count). The lowest BCUT2D eigenvalue weighted by Gasteiger charge is -2.27. The topological polar surface area (TPSA) is 73.5 Å². The van der Waals surface area contributed by atoms with Crippen LogP contribution in [0.2, 0.25) is 0 Å². The molecule has 1 aromatic carbocycles. The summed E-state index contributed by atoms with van der Waals surface area (Å²) >= 11 is 0. The molecule has 1 aliphatic heterocycles. The van der Waals surface area contributed by atoms with Gasteiger partial charge in [-0.25, -0.2) is 0 Å². The highest BCUT2D eigenvalue weighted by Crippen LogP contribution is 2.05. The zero-order chi connectivity index (χ0) is 16.5. The van der Waals surface area contributed by atoms with Gasteiger partial charge in [-0.2, -0.15) is 0 Å². The van der Waals surface area contributed by atoms with Crippen molar-refractivity contribution in [3.05, 3.63) is 35.4 Å². The molecule has 0 atom stereocenters. The molecule has 23 heavy (non-hydrogen) atoms. The number of benzene rings is 1. The Kier molecular flexibility index (Phi) is 7.03. The van der Waals surface area contributed by atoms with Gasteiger partial charge in [-0.05, 0) is 24.6 Å². The molecular weight excluding hydrogens is 292 g/mol. The summed E-state index contributed by atoms with van der Waals surface area (Å²) in [6.07, 6.45) is 0.887. The number of carbonyl (C=O) groups is 2. The minimum atomic E-state index is -0.137. The Morgan fingerprint density at radius 2 is 1.70 bits per heavy atom. The number of piperazine rings is 1. The molecule has 6 nitrogen and oxygen atoms in total. The van der Waals surface area contributed by atoms with Crippen LogP contribution in [-0.2, 0) is 0 Å². The molecule has 1 aromatic rings. The summed E-state index contributed by atoms with van der Waals surface area (Å²) < 4.78 is 0. The van der Waals surface area contributed by atoms with Crippen LogP contribution >= 0.6 is 0 Å². The van der Waals surface area contributed by atoms with E-state index in [2.05, 4.69) is 20.9 Å². The number of amides is 2. The third kappa shape index (κ3) is 5.65. The third-order valence-electron chi connectivity index (χ3n) is 3.85. The van der Waals surface area contributed by atoms with Crippen LogP contribution in [0.5, 0.6) is 0 Å². The Hall–Kier alpha value is -1.92. The number of carbonyl (C=O) groups excluding carboxylic acids is 2. The van der Waals surface area contributed by atoms with Crippen molar-refractivity contribution >= 4 is 11.8 Å². The monoisotopic (exact) mass is 318 g/mol. The Bertz CT molecular complexity index is 527. The minimum Gasteiger partial charge on any atom is -0.352 e. The van der Waals surface area contributed by atoms with Gasteiger partial charge in [0, 0.05) is 56.9 Å². The lowest BCUT2D eigenvalue weighted by Crippen LogP contribution is -2.46. The molecule has 0 aliphatic carbocycles. The van der Waals surface area contributed by atoms with E-state index in [0.29, 0.717) is 24.2 Å². The maximum Gasteiger partial charge on any atom is 0.251 e. The molecule has 1 saturated heterocycles. The second kappa shape index (κ2) is 9.27. The first-order valence-corrected chi connectivity index (χ1v) is 8.30. The van der Waals surface area contributed by atoms with Gasteiger partial charge < -0.3 is 16.0 Å². The highest BCUT2D eigenvalue weighted by atomic mass is 16.2. The lowest BCUT2D eigenvalue weighted by molar-refractivity contribution is 0.0947. The summed E-state index contributed by atoms with van der Waals surface area (Å²) in [5.41, 5.74) is 1.04. The highest BCUT2D eigenvalue weighted by molar-refractivity contribution is 5.99. The summed E-state index contributed by atoms with van der Waals surface area (Å²) in [4.78, 5) is 26.5. The van der Waals surface area contributed by atoms with E-state index in [1.54, 1.807) is 24.3 Å². The minimum absolute atomic E-state index is 0.134. The summed E-state index contributed by atoms with van der Waals surface area (Å²) in [5.74, 6) is -0.271. The summed E-state index contributed by atoms with van der Waals surface area (Å²) in [6.45, 7) is 8.15. The van der Waals surface area contributed by atoms with E-state index in [9.17, 15) is 9.59 Å². The predicted molar refractivity (Wildman–Crippen MR) is 90.7 cm³/mol. The molecular formula is C17H26N4O2. The van der Waals surface area contributed by atoms with Crippen LogP contribution in [0.1, 0.15) is 34.1 Å². The van der Waals surface area contributed by atoms with Crippen molar-refractivity contribution in [2.75, 3.05) is 45.8 Å². The van der Waals surface area contributed by atoms with Gasteiger partial charge in [-0.1, -0.05) is 13.0 Å². The maximum atomic E-state index is 12.2. The first kappa shape index (κ1) is 17.4.